The molecule has 1 aromatic carbocycles. The SMILES string of the molecule is CCSC1=C(C#N)[C@@H](c2ccccc2Cl)C(C#N)=C(N)N1. The fourth-order valence-electron chi connectivity index (χ4n) is 2.21. The molecule has 0 bridgehead atoms. The second-order valence-electron chi connectivity index (χ2n) is 4.31. The number of dihydropyridines is 1. The van der Waals surface area contributed by atoms with Crippen molar-refractivity contribution >= 4 is 23.4 Å². The van der Waals surface area contributed by atoms with Gasteiger partial charge in [-0.1, -0.05) is 36.7 Å². The lowest BCUT2D eigenvalue weighted by molar-refractivity contribution is 0.840. The number of nitrogens with zero attached hydrogens (tertiary/aromatic N) is 2. The summed E-state index contributed by atoms with van der Waals surface area (Å²) in [5.41, 5.74) is 7.46. The number of thioether (sulfide) groups is 1. The lowest BCUT2D eigenvalue weighted by Crippen LogP contribution is -2.29. The van der Waals surface area contributed by atoms with Crippen molar-refractivity contribution in [1.29, 1.82) is 10.5 Å². The Morgan fingerprint density at radius 3 is 2.52 bits per heavy atom. The summed E-state index contributed by atoms with van der Waals surface area (Å²) in [6.07, 6.45) is 0. The van der Waals surface area contributed by atoms with Gasteiger partial charge < -0.3 is 11.1 Å². The molecule has 1 aliphatic heterocycles. The average Bonchev–Trinajstić information content (AvgIpc) is 2.47. The smallest absolute Gasteiger partial charge is 0.116 e. The van der Waals surface area contributed by atoms with Crippen molar-refractivity contribution < 1.29 is 0 Å². The van der Waals surface area contributed by atoms with Gasteiger partial charge in [0.1, 0.15) is 5.82 Å². The third-order valence-corrected chi connectivity index (χ3v) is 4.35. The van der Waals surface area contributed by atoms with Crippen molar-refractivity contribution in [1.82, 2.24) is 5.32 Å². The summed E-state index contributed by atoms with van der Waals surface area (Å²) in [4.78, 5) is 0. The minimum absolute atomic E-state index is 0.275. The number of nitrogens with two attached hydrogens (primary N) is 1. The van der Waals surface area contributed by atoms with Crippen LogP contribution in [0, 0.1) is 22.7 Å². The number of halogens is 1. The van der Waals surface area contributed by atoms with Crippen molar-refractivity contribution in [3.63, 3.8) is 0 Å². The molecule has 0 aromatic heterocycles. The summed E-state index contributed by atoms with van der Waals surface area (Å²) >= 11 is 7.73. The Hall–Kier alpha value is -2.08. The first-order valence-electron chi connectivity index (χ1n) is 6.32. The van der Waals surface area contributed by atoms with Gasteiger partial charge in [0.05, 0.1) is 34.2 Å². The maximum atomic E-state index is 9.53. The molecule has 1 heterocycles. The molecule has 6 heteroatoms. The van der Waals surface area contributed by atoms with Gasteiger partial charge in [-0.3, -0.25) is 0 Å². The molecule has 21 heavy (non-hydrogen) atoms. The van der Waals surface area contributed by atoms with E-state index in [1.807, 2.05) is 25.1 Å². The normalized spacial score (nSPS) is 18.0. The van der Waals surface area contributed by atoms with Gasteiger partial charge in [-0.2, -0.15) is 10.5 Å². The van der Waals surface area contributed by atoms with E-state index in [0.29, 0.717) is 26.8 Å². The first kappa shape index (κ1) is 15.3. The quantitative estimate of drug-likeness (QED) is 0.894. The minimum Gasteiger partial charge on any atom is -0.384 e. The molecule has 0 spiro atoms. The van der Waals surface area contributed by atoms with Gasteiger partial charge in [-0.05, 0) is 17.4 Å². The Labute approximate surface area is 132 Å². The van der Waals surface area contributed by atoms with Crippen LogP contribution in [0.25, 0.3) is 0 Å². The van der Waals surface area contributed by atoms with Crippen molar-refractivity contribution in [2.75, 3.05) is 5.75 Å². The van der Waals surface area contributed by atoms with Crippen LogP contribution in [0.2, 0.25) is 5.02 Å². The minimum atomic E-state index is -0.524. The van der Waals surface area contributed by atoms with E-state index in [0.717, 1.165) is 5.75 Å². The Morgan fingerprint density at radius 2 is 1.95 bits per heavy atom. The molecule has 1 aliphatic rings. The molecule has 0 fully saturated rings. The summed E-state index contributed by atoms with van der Waals surface area (Å²) in [7, 11) is 0. The molecular formula is C15H13ClN4S. The monoisotopic (exact) mass is 316 g/mol. The van der Waals surface area contributed by atoms with E-state index < -0.39 is 5.92 Å². The molecular weight excluding hydrogens is 304 g/mol. The molecule has 2 rings (SSSR count). The fraction of sp³-hybridized carbons (Fsp3) is 0.200. The fourth-order valence-corrected chi connectivity index (χ4v) is 3.24. The van der Waals surface area contributed by atoms with E-state index in [4.69, 9.17) is 17.3 Å². The Balaban J connectivity index is 2.66. The molecule has 1 aromatic rings. The van der Waals surface area contributed by atoms with Crippen LogP contribution >= 0.6 is 23.4 Å². The number of hydrogen-bond acceptors (Lipinski definition) is 5. The van der Waals surface area contributed by atoms with Gasteiger partial charge in [-0.25, -0.2) is 0 Å². The van der Waals surface area contributed by atoms with Gasteiger partial charge in [-0.15, -0.1) is 11.8 Å². The van der Waals surface area contributed by atoms with Crippen molar-refractivity contribution in [2.24, 2.45) is 5.73 Å². The highest BCUT2D eigenvalue weighted by molar-refractivity contribution is 8.03. The van der Waals surface area contributed by atoms with Crippen molar-refractivity contribution in [3.8, 4) is 12.1 Å². The van der Waals surface area contributed by atoms with Gasteiger partial charge in [0.25, 0.3) is 0 Å². The van der Waals surface area contributed by atoms with Crippen LogP contribution in [0.3, 0.4) is 0 Å². The molecule has 0 saturated heterocycles. The van der Waals surface area contributed by atoms with Crippen molar-refractivity contribution in [2.45, 2.75) is 12.8 Å². The number of nitrogens with one attached hydrogen (secondary N) is 1. The standard InChI is InChI=1S/C15H13ClN4S/c1-2-21-15-11(8-18)13(10(7-17)14(19)20-15)9-5-3-4-6-12(9)16/h3-6,13,20H,2,19H2,1H3/t13-/m0/s1. The molecule has 0 radical (unpaired) electrons. The summed E-state index contributed by atoms with van der Waals surface area (Å²) in [5.74, 6) is 0.541. The first-order valence-corrected chi connectivity index (χ1v) is 7.68. The van der Waals surface area contributed by atoms with E-state index in [9.17, 15) is 10.5 Å². The number of hydrogen-bond donors (Lipinski definition) is 2. The lowest BCUT2D eigenvalue weighted by atomic mass is 9.84. The average molecular weight is 317 g/mol. The zero-order chi connectivity index (χ0) is 15.4. The molecule has 0 aliphatic carbocycles. The maximum absolute atomic E-state index is 9.53. The highest BCUT2D eigenvalue weighted by Gasteiger charge is 2.32. The summed E-state index contributed by atoms with van der Waals surface area (Å²) in [5, 5.41) is 23.1. The second kappa shape index (κ2) is 6.58. The number of rotatable bonds is 3. The first-order chi connectivity index (χ1) is 10.1. The van der Waals surface area contributed by atoms with Gasteiger partial charge >= 0.3 is 0 Å². The second-order valence-corrected chi connectivity index (χ2v) is 5.99. The van der Waals surface area contributed by atoms with E-state index in [1.54, 1.807) is 6.07 Å². The predicted molar refractivity (Wildman–Crippen MR) is 84.9 cm³/mol. The van der Waals surface area contributed by atoms with Gasteiger partial charge in [0, 0.05) is 5.02 Å². The number of allylic oxidation sites excluding steroid dienone is 2. The maximum Gasteiger partial charge on any atom is 0.116 e. The van der Waals surface area contributed by atoms with E-state index in [1.165, 1.54) is 11.8 Å². The largest absolute Gasteiger partial charge is 0.384 e. The molecule has 4 nitrogen and oxygen atoms in total. The Kier molecular flexibility index (Phi) is 4.80. The summed E-state index contributed by atoms with van der Waals surface area (Å²) in [6.45, 7) is 1.98. The predicted octanol–water partition coefficient (Wildman–Crippen LogP) is 3.21. The van der Waals surface area contributed by atoms with E-state index in [-0.39, 0.29) is 5.82 Å². The zero-order valence-electron chi connectivity index (χ0n) is 11.4. The third-order valence-electron chi connectivity index (χ3n) is 3.11. The van der Waals surface area contributed by atoms with Crippen LogP contribution in [0.15, 0.2) is 46.3 Å². The van der Waals surface area contributed by atoms with Crippen LogP contribution in [-0.2, 0) is 0 Å². The molecule has 106 valence electrons. The van der Waals surface area contributed by atoms with E-state index >= 15 is 0 Å². The van der Waals surface area contributed by atoms with Crippen LogP contribution in [0.5, 0.6) is 0 Å². The molecule has 0 unspecified atom stereocenters. The van der Waals surface area contributed by atoms with E-state index in [2.05, 4.69) is 17.5 Å². The molecule has 0 saturated carbocycles. The van der Waals surface area contributed by atoms with Crippen molar-refractivity contribution in [3.05, 3.63) is 56.8 Å². The highest BCUT2D eigenvalue weighted by atomic mass is 35.5. The topological polar surface area (TPSA) is 85.6 Å². The van der Waals surface area contributed by atoms with Gasteiger partial charge in [0.2, 0.25) is 0 Å². The molecule has 0 amide bonds. The van der Waals surface area contributed by atoms with Crippen LogP contribution < -0.4 is 11.1 Å². The number of benzene rings is 1. The summed E-state index contributed by atoms with van der Waals surface area (Å²) < 4.78 is 0. The van der Waals surface area contributed by atoms with Crippen LogP contribution in [0.4, 0.5) is 0 Å². The number of nitriles is 2. The van der Waals surface area contributed by atoms with Crippen LogP contribution in [-0.4, -0.2) is 5.75 Å². The Morgan fingerprint density at radius 1 is 1.29 bits per heavy atom. The van der Waals surface area contributed by atoms with Gasteiger partial charge in [0.15, 0.2) is 0 Å². The molecule has 3 N–H and O–H groups in total. The van der Waals surface area contributed by atoms with Crippen LogP contribution in [0.1, 0.15) is 18.4 Å². The third kappa shape index (κ3) is 2.85. The highest BCUT2D eigenvalue weighted by Crippen LogP contribution is 2.41. The Bertz CT molecular complexity index is 709. The zero-order valence-corrected chi connectivity index (χ0v) is 12.9. The molecule has 1 atom stereocenters. The lowest BCUT2D eigenvalue weighted by Gasteiger charge is -2.27. The summed E-state index contributed by atoms with van der Waals surface area (Å²) in [6, 6.07) is 11.5.